The van der Waals surface area contributed by atoms with E-state index in [1.165, 1.54) is 0 Å². The minimum absolute atomic E-state index is 0.208. The molecular formula is C16H23NO4. The van der Waals surface area contributed by atoms with Gasteiger partial charge in [-0.15, -0.1) is 0 Å². The Balaban J connectivity index is 1.80. The molecule has 0 amide bonds. The molecule has 1 N–H and O–H groups in total. The van der Waals surface area contributed by atoms with Gasteiger partial charge < -0.3 is 14.6 Å². The van der Waals surface area contributed by atoms with Gasteiger partial charge in [0, 0.05) is 19.7 Å². The first kappa shape index (κ1) is 15.8. The summed E-state index contributed by atoms with van der Waals surface area (Å²) in [7, 11) is 0. The number of para-hydroxylation sites is 1. The summed E-state index contributed by atoms with van der Waals surface area (Å²) in [5.41, 5.74) is 0.208. The maximum Gasteiger partial charge on any atom is 0.339 e. The van der Waals surface area contributed by atoms with Crippen molar-refractivity contribution in [1.29, 1.82) is 0 Å². The zero-order valence-electron chi connectivity index (χ0n) is 12.5. The molecule has 0 bridgehead atoms. The first-order valence-electron chi connectivity index (χ1n) is 7.49. The van der Waals surface area contributed by atoms with Crippen LogP contribution in [0.5, 0.6) is 5.75 Å². The minimum atomic E-state index is -0.961. The Hall–Kier alpha value is -1.59. The highest BCUT2D eigenvalue weighted by molar-refractivity contribution is 5.90. The predicted molar refractivity (Wildman–Crippen MR) is 80.0 cm³/mol. The van der Waals surface area contributed by atoms with E-state index in [-0.39, 0.29) is 5.56 Å². The number of aromatic carboxylic acids is 1. The molecule has 21 heavy (non-hydrogen) atoms. The van der Waals surface area contributed by atoms with Crippen LogP contribution in [0, 0.1) is 0 Å². The Morgan fingerprint density at radius 3 is 2.95 bits per heavy atom. The van der Waals surface area contributed by atoms with E-state index in [2.05, 4.69) is 11.8 Å². The van der Waals surface area contributed by atoms with E-state index in [1.807, 2.05) is 0 Å². The van der Waals surface area contributed by atoms with E-state index in [1.54, 1.807) is 24.3 Å². The van der Waals surface area contributed by atoms with E-state index >= 15 is 0 Å². The summed E-state index contributed by atoms with van der Waals surface area (Å²) in [6.45, 7) is 6.07. The highest BCUT2D eigenvalue weighted by atomic mass is 16.5. The molecule has 5 heteroatoms. The first-order valence-corrected chi connectivity index (χ1v) is 7.49. The zero-order chi connectivity index (χ0) is 15.1. The van der Waals surface area contributed by atoms with Gasteiger partial charge in [0.25, 0.3) is 0 Å². The van der Waals surface area contributed by atoms with Crippen LogP contribution < -0.4 is 4.74 Å². The van der Waals surface area contributed by atoms with Crippen LogP contribution >= 0.6 is 0 Å². The molecule has 2 rings (SSSR count). The van der Waals surface area contributed by atoms with Crippen molar-refractivity contribution >= 4 is 5.97 Å². The lowest BCUT2D eigenvalue weighted by Gasteiger charge is -2.23. The topological polar surface area (TPSA) is 59.0 Å². The number of hydrogen-bond donors (Lipinski definition) is 1. The third kappa shape index (κ3) is 4.72. The molecule has 0 radical (unpaired) electrons. The fraction of sp³-hybridized carbons (Fsp3) is 0.562. The molecule has 1 aromatic rings. The quantitative estimate of drug-likeness (QED) is 0.796. The summed E-state index contributed by atoms with van der Waals surface area (Å²) < 4.78 is 11.3. The van der Waals surface area contributed by atoms with Crippen LogP contribution in [0.4, 0.5) is 0 Å². The maximum absolute atomic E-state index is 11.1. The number of likely N-dealkylation sites (N-methyl/N-ethyl adjacent to an activating group) is 1. The van der Waals surface area contributed by atoms with E-state index in [9.17, 15) is 4.79 Å². The van der Waals surface area contributed by atoms with Gasteiger partial charge in [0.1, 0.15) is 17.9 Å². The average Bonchev–Trinajstić information content (AvgIpc) is 2.99. The number of hydrogen-bond acceptors (Lipinski definition) is 4. The van der Waals surface area contributed by atoms with Crippen LogP contribution in [0.2, 0.25) is 0 Å². The minimum Gasteiger partial charge on any atom is -0.491 e. The molecule has 1 fully saturated rings. The van der Waals surface area contributed by atoms with E-state index in [0.29, 0.717) is 18.5 Å². The Bertz CT molecular complexity index is 457. The number of nitrogens with zero attached hydrogens (tertiary/aromatic N) is 1. The van der Waals surface area contributed by atoms with Crippen molar-refractivity contribution in [3.8, 4) is 5.75 Å². The van der Waals surface area contributed by atoms with Crippen LogP contribution in [0.25, 0.3) is 0 Å². The number of carbonyl (C=O) groups is 1. The van der Waals surface area contributed by atoms with Gasteiger partial charge in [-0.2, -0.15) is 0 Å². The van der Waals surface area contributed by atoms with Crippen LogP contribution in [0.15, 0.2) is 24.3 Å². The van der Waals surface area contributed by atoms with Crippen LogP contribution in [-0.4, -0.2) is 54.9 Å². The van der Waals surface area contributed by atoms with Crippen molar-refractivity contribution in [2.75, 3.05) is 32.8 Å². The van der Waals surface area contributed by atoms with Gasteiger partial charge in [-0.3, -0.25) is 4.90 Å². The number of carboxylic acids is 1. The second kappa shape index (κ2) is 8.00. The SMILES string of the molecule is CCN(CCOc1ccccc1C(=O)O)CC1CCCO1. The lowest BCUT2D eigenvalue weighted by molar-refractivity contribution is 0.0678. The molecular weight excluding hydrogens is 270 g/mol. The van der Waals surface area contributed by atoms with Crippen molar-refractivity contribution in [2.24, 2.45) is 0 Å². The maximum atomic E-state index is 11.1. The van der Waals surface area contributed by atoms with Gasteiger partial charge in [0.05, 0.1) is 6.10 Å². The lowest BCUT2D eigenvalue weighted by atomic mass is 10.2. The number of benzene rings is 1. The summed E-state index contributed by atoms with van der Waals surface area (Å²) in [6.07, 6.45) is 2.60. The monoisotopic (exact) mass is 293 g/mol. The second-order valence-electron chi connectivity index (χ2n) is 5.18. The molecule has 5 nitrogen and oxygen atoms in total. The van der Waals surface area contributed by atoms with Crippen molar-refractivity contribution in [1.82, 2.24) is 4.90 Å². The molecule has 1 heterocycles. The molecule has 0 aromatic heterocycles. The molecule has 116 valence electrons. The van der Waals surface area contributed by atoms with Crippen LogP contribution in [-0.2, 0) is 4.74 Å². The normalized spacial score (nSPS) is 18.1. The van der Waals surface area contributed by atoms with Gasteiger partial charge in [0.15, 0.2) is 0 Å². The third-order valence-corrected chi connectivity index (χ3v) is 3.72. The van der Waals surface area contributed by atoms with Gasteiger partial charge in [0.2, 0.25) is 0 Å². The van der Waals surface area contributed by atoms with Crippen LogP contribution in [0.3, 0.4) is 0 Å². The summed E-state index contributed by atoms with van der Waals surface area (Å²) in [4.78, 5) is 13.4. The van der Waals surface area contributed by atoms with Crippen molar-refractivity contribution in [2.45, 2.75) is 25.9 Å². The fourth-order valence-corrected chi connectivity index (χ4v) is 2.51. The highest BCUT2D eigenvalue weighted by Gasteiger charge is 2.18. The van der Waals surface area contributed by atoms with Gasteiger partial charge in [-0.25, -0.2) is 4.79 Å². The number of carboxylic acid groups (broad SMARTS) is 1. The third-order valence-electron chi connectivity index (χ3n) is 3.72. The van der Waals surface area contributed by atoms with Gasteiger partial charge in [-0.05, 0) is 31.5 Å². The molecule has 0 spiro atoms. The molecule has 1 unspecified atom stereocenters. The fourth-order valence-electron chi connectivity index (χ4n) is 2.51. The predicted octanol–water partition coefficient (Wildman–Crippen LogP) is 2.26. The molecule has 1 aromatic carbocycles. The van der Waals surface area contributed by atoms with E-state index in [4.69, 9.17) is 14.6 Å². The molecule has 1 aliphatic rings. The molecule has 1 aliphatic heterocycles. The smallest absolute Gasteiger partial charge is 0.339 e. The first-order chi connectivity index (χ1) is 10.2. The second-order valence-corrected chi connectivity index (χ2v) is 5.18. The Morgan fingerprint density at radius 2 is 2.29 bits per heavy atom. The van der Waals surface area contributed by atoms with Gasteiger partial charge >= 0.3 is 5.97 Å². The largest absolute Gasteiger partial charge is 0.491 e. The van der Waals surface area contributed by atoms with E-state index in [0.717, 1.165) is 39.1 Å². The summed E-state index contributed by atoms with van der Waals surface area (Å²) in [5.74, 6) is -0.532. The number of rotatable bonds is 8. The standard InChI is InChI=1S/C16H23NO4/c1-2-17(12-13-6-5-10-20-13)9-11-21-15-8-4-3-7-14(15)16(18)19/h3-4,7-8,13H,2,5-6,9-12H2,1H3,(H,18,19). The summed E-state index contributed by atoms with van der Waals surface area (Å²) in [5, 5.41) is 9.10. The van der Waals surface area contributed by atoms with Gasteiger partial charge in [-0.1, -0.05) is 19.1 Å². The molecule has 0 aliphatic carbocycles. The summed E-state index contributed by atoms with van der Waals surface area (Å²) >= 11 is 0. The Labute approximate surface area is 125 Å². The molecule has 0 saturated carbocycles. The number of ether oxygens (including phenoxy) is 2. The highest BCUT2D eigenvalue weighted by Crippen LogP contribution is 2.18. The lowest BCUT2D eigenvalue weighted by Crippen LogP contribution is -2.35. The van der Waals surface area contributed by atoms with Crippen LogP contribution in [0.1, 0.15) is 30.1 Å². The zero-order valence-corrected chi connectivity index (χ0v) is 12.5. The van der Waals surface area contributed by atoms with E-state index < -0.39 is 5.97 Å². The van der Waals surface area contributed by atoms with Crippen molar-refractivity contribution in [3.05, 3.63) is 29.8 Å². The Kier molecular flexibility index (Phi) is 6.02. The summed E-state index contributed by atoms with van der Waals surface area (Å²) in [6, 6.07) is 6.74. The molecule has 1 atom stereocenters. The molecule has 1 saturated heterocycles. The average molecular weight is 293 g/mol. The van der Waals surface area contributed by atoms with Crippen molar-refractivity contribution < 1.29 is 19.4 Å². The van der Waals surface area contributed by atoms with Crippen molar-refractivity contribution in [3.63, 3.8) is 0 Å². The Morgan fingerprint density at radius 1 is 1.48 bits per heavy atom.